The topological polar surface area (TPSA) is 102 Å². The summed E-state index contributed by atoms with van der Waals surface area (Å²) in [6, 6.07) is 8.98. The van der Waals surface area contributed by atoms with Crippen molar-refractivity contribution in [2.45, 2.75) is 45.6 Å². The van der Waals surface area contributed by atoms with Gasteiger partial charge in [0.15, 0.2) is 5.84 Å². The minimum atomic E-state index is -2.99. The molecule has 1 aromatic heterocycles. The quantitative estimate of drug-likeness (QED) is 0.302. The lowest BCUT2D eigenvalue weighted by Crippen LogP contribution is -2.30. The molecule has 4 rings (SSSR count). The van der Waals surface area contributed by atoms with Gasteiger partial charge in [-0.3, -0.25) is 9.79 Å². The number of halogens is 4. The lowest BCUT2D eigenvalue weighted by Gasteiger charge is -2.27. The number of hydrogen-bond donors (Lipinski definition) is 1. The van der Waals surface area contributed by atoms with Gasteiger partial charge in [0.05, 0.1) is 29.9 Å². The van der Waals surface area contributed by atoms with Gasteiger partial charge in [-0.25, -0.2) is 14.4 Å². The molecule has 0 aliphatic carbocycles. The maximum absolute atomic E-state index is 14.4. The highest BCUT2D eigenvalue weighted by molar-refractivity contribution is 6.31. The molecule has 1 aliphatic heterocycles. The second kappa shape index (κ2) is 12.0. The highest BCUT2D eigenvalue weighted by Crippen LogP contribution is 2.35. The second-order valence-corrected chi connectivity index (χ2v) is 9.39. The lowest BCUT2D eigenvalue weighted by molar-refractivity contribution is -0.159. The van der Waals surface area contributed by atoms with Crippen LogP contribution in [0, 0.1) is 12.7 Å². The van der Waals surface area contributed by atoms with Crippen LogP contribution in [-0.2, 0) is 16.1 Å². The number of aliphatic imine (C=N–C) groups is 2. The molecule has 0 saturated carbocycles. The third-order valence-corrected chi connectivity index (χ3v) is 6.82. The molecular formula is C27H27ClF3N5O3. The molecule has 206 valence electrons. The normalized spacial score (nSPS) is 17.1. The number of amidine groups is 1. The number of para-hydroxylation sites is 1. The van der Waals surface area contributed by atoms with Gasteiger partial charge in [-0.1, -0.05) is 23.7 Å². The Balaban J connectivity index is 1.68. The van der Waals surface area contributed by atoms with Gasteiger partial charge in [-0.2, -0.15) is 8.78 Å². The van der Waals surface area contributed by atoms with E-state index in [-0.39, 0.29) is 30.5 Å². The number of carbonyl (C=O) groups is 1. The zero-order valence-corrected chi connectivity index (χ0v) is 22.3. The third-order valence-electron chi connectivity index (χ3n) is 6.48. The van der Waals surface area contributed by atoms with Crippen LogP contribution in [-0.4, -0.2) is 54.3 Å². The molecule has 1 amide bonds. The van der Waals surface area contributed by atoms with E-state index in [2.05, 4.69) is 19.7 Å². The largest absolute Gasteiger partial charge is 0.487 e. The number of ether oxygens (including phenoxy) is 2. The number of hydrogen-bond acceptors (Lipinski definition) is 5. The van der Waals surface area contributed by atoms with Gasteiger partial charge in [-0.05, 0) is 43.7 Å². The molecule has 0 spiro atoms. The summed E-state index contributed by atoms with van der Waals surface area (Å²) in [5, 5.41) is 0.836. The number of alkyl halides is 2. The van der Waals surface area contributed by atoms with Gasteiger partial charge in [-0.15, -0.1) is 0 Å². The van der Waals surface area contributed by atoms with Crippen LogP contribution in [0.4, 0.5) is 13.2 Å². The number of aromatic nitrogens is 1. The van der Waals surface area contributed by atoms with E-state index < -0.39 is 24.6 Å². The van der Waals surface area contributed by atoms with Gasteiger partial charge in [0.1, 0.15) is 23.7 Å². The molecule has 39 heavy (non-hydrogen) atoms. The minimum Gasteiger partial charge on any atom is -0.487 e. The van der Waals surface area contributed by atoms with Crippen molar-refractivity contribution < 1.29 is 27.4 Å². The molecule has 0 unspecified atom stereocenters. The molecule has 1 aliphatic rings. The molecular weight excluding hydrogens is 535 g/mol. The van der Waals surface area contributed by atoms with Crippen LogP contribution in [0.3, 0.4) is 0 Å². The minimum absolute atomic E-state index is 0.0549. The monoisotopic (exact) mass is 561 g/mol. The summed E-state index contributed by atoms with van der Waals surface area (Å²) in [7, 11) is 1.61. The van der Waals surface area contributed by atoms with Crippen molar-refractivity contribution in [2.75, 3.05) is 13.6 Å². The van der Waals surface area contributed by atoms with E-state index in [9.17, 15) is 18.0 Å². The van der Waals surface area contributed by atoms with Crippen molar-refractivity contribution in [3.8, 4) is 5.75 Å². The molecule has 1 fully saturated rings. The first-order chi connectivity index (χ1) is 18.6. The average molecular weight is 562 g/mol. The van der Waals surface area contributed by atoms with Crippen LogP contribution in [0.5, 0.6) is 5.75 Å². The molecule has 12 heteroatoms. The Bertz CT molecular complexity index is 1450. The summed E-state index contributed by atoms with van der Waals surface area (Å²) in [5.41, 5.74) is 8.31. The molecule has 1 saturated heterocycles. The highest BCUT2D eigenvalue weighted by atomic mass is 35.5. The molecule has 2 heterocycles. The standard InChI is InChI=1S/C27H27ClF3N5O3/c1-14-7-20(26(33-3)34-13-32)18-5-4-6-23(25(18)35-14)38-12-21-19(8-16(29)9-22(21)28)15(2)36-11-17(10-24(36)37)39-27(30)31/h4-9,13,15,17,27H,10-12H2,1-3H3,(H2,32,33,34)/t15-,17-/m0/s1. The Hall–Kier alpha value is -3.70. The molecule has 3 aromatic rings. The SMILES string of the molecule is CN=C(N=CN)c1cc(C)nc2c(OCc3c(Cl)cc(F)cc3[C@H](C)N3C[C@@H](OC(F)F)CC3=O)cccc12. The van der Waals surface area contributed by atoms with Crippen LogP contribution in [0.15, 0.2) is 46.4 Å². The maximum atomic E-state index is 14.4. The van der Waals surface area contributed by atoms with Crippen LogP contribution in [0.2, 0.25) is 5.02 Å². The summed E-state index contributed by atoms with van der Waals surface area (Å²) in [5.74, 6) is -0.120. The number of rotatable bonds is 8. The summed E-state index contributed by atoms with van der Waals surface area (Å²) in [6.45, 7) is 0.382. The Labute approximate surface area is 228 Å². The predicted octanol–water partition coefficient (Wildman–Crippen LogP) is 5.18. The summed E-state index contributed by atoms with van der Waals surface area (Å²) < 4.78 is 50.5. The number of benzene rings is 2. The zero-order chi connectivity index (χ0) is 28.3. The van der Waals surface area contributed by atoms with Crippen LogP contribution in [0.25, 0.3) is 10.9 Å². The molecule has 2 aromatic carbocycles. The van der Waals surface area contributed by atoms with Crippen molar-refractivity contribution in [1.29, 1.82) is 0 Å². The number of aryl methyl sites for hydroxylation is 1. The number of likely N-dealkylation sites (tertiary alicyclic amines) is 1. The van der Waals surface area contributed by atoms with Crippen molar-refractivity contribution in [3.05, 3.63) is 69.6 Å². The number of nitrogens with two attached hydrogens (primary N) is 1. The number of carbonyl (C=O) groups excluding carboxylic acids is 1. The third kappa shape index (κ3) is 6.15. The Morgan fingerprint density at radius 3 is 2.79 bits per heavy atom. The Morgan fingerprint density at radius 1 is 1.33 bits per heavy atom. The second-order valence-electron chi connectivity index (χ2n) is 8.98. The van der Waals surface area contributed by atoms with E-state index in [0.29, 0.717) is 33.9 Å². The summed E-state index contributed by atoms with van der Waals surface area (Å²) in [4.78, 5) is 27.0. The molecule has 2 N–H and O–H groups in total. The smallest absolute Gasteiger partial charge is 0.345 e. The first-order valence-electron chi connectivity index (χ1n) is 12.1. The van der Waals surface area contributed by atoms with Crippen molar-refractivity contribution in [2.24, 2.45) is 15.7 Å². The molecule has 0 radical (unpaired) electrons. The van der Waals surface area contributed by atoms with Gasteiger partial charge in [0.25, 0.3) is 0 Å². The fraction of sp³-hybridized carbons (Fsp3) is 0.333. The van der Waals surface area contributed by atoms with Gasteiger partial charge in [0.2, 0.25) is 5.91 Å². The van der Waals surface area contributed by atoms with Gasteiger partial charge < -0.3 is 20.1 Å². The number of nitrogens with zero attached hydrogens (tertiary/aromatic N) is 4. The first-order valence-corrected chi connectivity index (χ1v) is 12.5. The Kier molecular flexibility index (Phi) is 8.71. The molecule has 2 atom stereocenters. The van der Waals surface area contributed by atoms with Crippen LogP contribution >= 0.6 is 11.6 Å². The number of fused-ring (bicyclic) bond motifs is 1. The van der Waals surface area contributed by atoms with E-state index >= 15 is 0 Å². The van der Waals surface area contributed by atoms with E-state index in [1.54, 1.807) is 26.1 Å². The van der Waals surface area contributed by atoms with Crippen molar-refractivity contribution >= 4 is 40.6 Å². The number of pyridine rings is 1. The fourth-order valence-corrected chi connectivity index (χ4v) is 5.01. The molecule has 8 nitrogen and oxygen atoms in total. The maximum Gasteiger partial charge on any atom is 0.345 e. The highest BCUT2D eigenvalue weighted by Gasteiger charge is 2.36. The van der Waals surface area contributed by atoms with Crippen LogP contribution < -0.4 is 10.5 Å². The van der Waals surface area contributed by atoms with Crippen molar-refractivity contribution in [1.82, 2.24) is 9.88 Å². The van der Waals surface area contributed by atoms with Gasteiger partial charge in [0, 0.05) is 35.8 Å². The lowest BCUT2D eigenvalue weighted by atomic mass is 10.00. The Morgan fingerprint density at radius 2 is 2.10 bits per heavy atom. The van der Waals surface area contributed by atoms with E-state index in [1.807, 2.05) is 19.1 Å². The van der Waals surface area contributed by atoms with E-state index in [4.69, 9.17) is 22.1 Å². The van der Waals surface area contributed by atoms with E-state index in [0.717, 1.165) is 23.4 Å². The number of amides is 1. The van der Waals surface area contributed by atoms with Gasteiger partial charge >= 0.3 is 6.61 Å². The summed E-state index contributed by atoms with van der Waals surface area (Å²) in [6.07, 6.45) is 0.0173. The zero-order valence-electron chi connectivity index (χ0n) is 21.5. The molecule has 0 bridgehead atoms. The summed E-state index contributed by atoms with van der Waals surface area (Å²) >= 11 is 6.44. The first kappa shape index (κ1) is 28.3. The average Bonchev–Trinajstić information content (AvgIpc) is 3.24. The predicted molar refractivity (Wildman–Crippen MR) is 143 cm³/mol. The van der Waals surface area contributed by atoms with E-state index in [1.165, 1.54) is 11.0 Å². The van der Waals surface area contributed by atoms with Crippen LogP contribution in [0.1, 0.15) is 41.8 Å². The van der Waals surface area contributed by atoms with Crippen molar-refractivity contribution in [3.63, 3.8) is 0 Å². The fourth-order valence-electron chi connectivity index (χ4n) is 4.74.